The van der Waals surface area contributed by atoms with E-state index in [1.54, 1.807) is 0 Å². The third-order valence-corrected chi connectivity index (χ3v) is 5.88. The van der Waals surface area contributed by atoms with Crippen LogP contribution in [0.25, 0.3) is 0 Å². The van der Waals surface area contributed by atoms with Crippen molar-refractivity contribution in [1.29, 1.82) is 0 Å². The van der Waals surface area contributed by atoms with E-state index >= 15 is 0 Å². The van der Waals surface area contributed by atoms with Crippen LogP contribution in [-0.2, 0) is 0 Å². The molecule has 1 aliphatic carbocycles. The zero-order chi connectivity index (χ0) is 16.9. The molecule has 0 aromatic heterocycles. The number of nitrogens with zero attached hydrogens (tertiary/aromatic N) is 2. The van der Waals surface area contributed by atoms with Crippen LogP contribution in [0.15, 0.2) is 24.3 Å². The summed E-state index contributed by atoms with van der Waals surface area (Å²) in [6.07, 6.45) is 7.05. The standard InChI is InChI=1S/C20H31N3S/c1-16(2)17-8-10-18(11-9-17)21-20(24)23-14-12-22(13-15-23)19-6-4-3-5-7-19/h8-11,16,19H,3-7,12-15H2,1-2H3,(H,21,24). The molecule has 0 amide bonds. The molecule has 132 valence electrons. The Hall–Kier alpha value is -1.13. The first-order valence-corrected chi connectivity index (χ1v) is 9.94. The average molecular weight is 346 g/mol. The summed E-state index contributed by atoms with van der Waals surface area (Å²) >= 11 is 5.63. The van der Waals surface area contributed by atoms with Gasteiger partial charge in [-0.3, -0.25) is 4.90 Å². The van der Waals surface area contributed by atoms with Crippen LogP contribution in [0.3, 0.4) is 0 Å². The second-order valence-electron chi connectivity index (χ2n) is 7.52. The van der Waals surface area contributed by atoms with E-state index in [0.717, 1.165) is 43.0 Å². The average Bonchev–Trinajstić information content (AvgIpc) is 2.63. The Morgan fingerprint density at radius 3 is 2.21 bits per heavy atom. The van der Waals surface area contributed by atoms with Gasteiger partial charge in [-0.1, -0.05) is 45.2 Å². The molecule has 0 unspecified atom stereocenters. The van der Waals surface area contributed by atoms with Crippen molar-refractivity contribution in [3.8, 4) is 0 Å². The zero-order valence-electron chi connectivity index (χ0n) is 15.1. The lowest BCUT2D eigenvalue weighted by atomic mass is 9.94. The summed E-state index contributed by atoms with van der Waals surface area (Å²) < 4.78 is 0. The maximum Gasteiger partial charge on any atom is 0.173 e. The van der Waals surface area contributed by atoms with Gasteiger partial charge < -0.3 is 10.2 Å². The lowest BCUT2D eigenvalue weighted by Crippen LogP contribution is -2.53. The number of anilines is 1. The molecule has 1 saturated carbocycles. The molecular formula is C20H31N3S. The normalized spacial score (nSPS) is 20.4. The minimum absolute atomic E-state index is 0.568. The minimum atomic E-state index is 0.568. The van der Waals surface area contributed by atoms with E-state index in [4.69, 9.17) is 12.2 Å². The highest BCUT2D eigenvalue weighted by Crippen LogP contribution is 2.24. The fraction of sp³-hybridized carbons (Fsp3) is 0.650. The van der Waals surface area contributed by atoms with Crippen LogP contribution in [0.2, 0.25) is 0 Å². The monoisotopic (exact) mass is 345 g/mol. The Labute approximate surface area is 152 Å². The van der Waals surface area contributed by atoms with Gasteiger partial charge in [-0.25, -0.2) is 0 Å². The van der Waals surface area contributed by atoms with E-state index in [1.807, 2.05) is 0 Å². The van der Waals surface area contributed by atoms with Crippen molar-refractivity contribution < 1.29 is 0 Å². The molecule has 4 heteroatoms. The molecule has 1 heterocycles. The smallest absolute Gasteiger partial charge is 0.173 e. The number of benzene rings is 1. The molecule has 1 aromatic rings. The van der Waals surface area contributed by atoms with Crippen LogP contribution in [0, 0.1) is 0 Å². The molecule has 2 aliphatic rings. The highest BCUT2D eigenvalue weighted by atomic mass is 32.1. The first-order valence-electron chi connectivity index (χ1n) is 9.53. The number of thiocarbonyl (C=S) groups is 1. The van der Waals surface area contributed by atoms with Crippen LogP contribution < -0.4 is 5.32 Å². The summed E-state index contributed by atoms with van der Waals surface area (Å²) in [4.78, 5) is 5.01. The first-order chi connectivity index (χ1) is 11.6. The fourth-order valence-corrected chi connectivity index (χ4v) is 4.19. The Bertz CT molecular complexity index is 526. The van der Waals surface area contributed by atoms with Gasteiger partial charge in [0.25, 0.3) is 0 Å². The van der Waals surface area contributed by atoms with E-state index in [2.05, 4.69) is 53.2 Å². The predicted octanol–water partition coefficient (Wildman–Crippen LogP) is 4.46. The Morgan fingerprint density at radius 2 is 1.62 bits per heavy atom. The van der Waals surface area contributed by atoms with Crippen molar-refractivity contribution in [1.82, 2.24) is 9.80 Å². The Morgan fingerprint density at radius 1 is 1.00 bits per heavy atom. The van der Waals surface area contributed by atoms with Gasteiger partial charge >= 0.3 is 0 Å². The van der Waals surface area contributed by atoms with Gasteiger partial charge in [0.05, 0.1) is 0 Å². The zero-order valence-corrected chi connectivity index (χ0v) is 15.9. The number of nitrogens with one attached hydrogen (secondary N) is 1. The largest absolute Gasteiger partial charge is 0.346 e. The minimum Gasteiger partial charge on any atom is -0.346 e. The molecule has 24 heavy (non-hydrogen) atoms. The summed E-state index contributed by atoms with van der Waals surface area (Å²) in [7, 11) is 0. The van der Waals surface area contributed by atoms with Crippen LogP contribution in [0.4, 0.5) is 5.69 Å². The lowest BCUT2D eigenvalue weighted by molar-refractivity contribution is 0.108. The topological polar surface area (TPSA) is 18.5 Å². The third kappa shape index (κ3) is 4.48. The second kappa shape index (κ2) is 8.30. The first kappa shape index (κ1) is 17.7. The van der Waals surface area contributed by atoms with Crippen LogP contribution in [-0.4, -0.2) is 47.1 Å². The van der Waals surface area contributed by atoms with Crippen molar-refractivity contribution in [2.45, 2.75) is 57.9 Å². The number of piperazine rings is 1. The van der Waals surface area contributed by atoms with Crippen molar-refractivity contribution in [2.24, 2.45) is 0 Å². The number of hydrogen-bond acceptors (Lipinski definition) is 2. The van der Waals surface area contributed by atoms with Crippen LogP contribution in [0.1, 0.15) is 57.4 Å². The lowest BCUT2D eigenvalue weighted by Gasteiger charge is -2.41. The molecule has 1 N–H and O–H groups in total. The molecule has 1 saturated heterocycles. The highest BCUT2D eigenvalue weighted by Gasteiger charge is 2.25. The van der Waals surface area contributed by atoms with Crippen molar-refractivity contribution in [3.05, 3.63) is 29.8 Å². The van der Waals surface area contributed by atoms with Gasteiger partial charge in [0.1, 0.15) is 0 Å². The molecular weight excluding hydrogens is 314 g/mol. The maximum atomic E-state index is 5.63. The molecule has 0 bridgehead atoms. The second-order valence-corrected chi connectivity index (χ2v) is 7.91. The molecule has 0 spiro atoms. The number of hydrogen-bond donors (Lipinski definition) is 1. The Balaban J connectivity index is 1.48. The van der Waals surface area contributed by atoms with E-state index in [0.29, 0.717) is 5.92 Å². The van der Waals surface area contributed by atoms with Gasteiger partial charge in [-0.15, -0.1) is 0 Å². The maximum absolute atomic E-state index is 5.63. The summed E-state index contributed by atoms with van der Waals surface area (Å²) in [6.45, 7) is 8.84. The number of rotatable bonds is 3. The van der Waals surface area contributed by atoms with E-state index in [9.17, 15) is 0 Å². The SMILES string of the molecule is CC(C)c1ccc(NC(=S)N2CCN(C3CCCCC3)CC2)cc1. The van der Waals surface area contributed by atoms with Crippen molar-refractivity contribution >= 4 is 23.0 Å². The van der Waals surface area contributed by atoms with Gasteiger partial charge in [0, 0.05) is 37.9 Å². The van der Waals surface area contributed by atoms with E-state index < -0.39 is 0 Å². The fourth-order valence-electron chi connectivity index (χ4n) is 3.89. The molecule has 1 aromatic carbocycles. The predicted molar refractivity (Wildman–Crippen MR) is 107 cm³/mol. The molecule has 2 fully saturated rings. The molecule has 3 rings (SSSR count). The van der Waals surface area contributed by atoms with Crippen molar-refractivity contribution in [3.63, 3.8) is 0 Å². The van der Waals surface area contributed by atoms with Crippen LogP contribution >= 0.6 is 12.2 Å². The third-order valence-electron chi connectivity index (χ3n) is 5.52. The Kier molecular flexibility index (Phi) is 6.12. The molecule has 3 nitrogen and oxygen atoms in total. The molecule has 1 aliphatic heterocycles. The summed E-state index contributed by atoms with van der Waals surface area (Å²) in [5.41, 5.74) is 2.46. The summed E-state index contributed by atoms with van der Waals surface area (Å²) in [6, 6.07) is 9.48. The van der Waals surface area contributed by atoms with Crippen LogP contribution in [0.5, 0.6) is 0 Å². The van der Waals surface area contributed by atoms with Gasteiger partial charge in [-0.05, 0) is 48.7 Å². The van der Waals surface area contributed by atoms with Gasteiger partial charge in [0.2, 0.25) is 0 Å². The van der Waals surface area contributed by atoms with Gasteiger partial charge in [0.15, 0.2) is 5.11 Å². The quantitative estimate of drug-likeness (QED) is 0.815. The molecule has 0 radical (unpaired) electrons. The van der Waals surface area contributed by atoms with E-state index in [-0.39, 0.29) is 0 Å². The van der Waals surface area contributed by atoms with Gasteiger partial charge in [-0.2, -0.15) is 0 Å². The summed E-state index contributed by atoms with van der Waals surface area (Å²) in [5, 5.41) is 4.28. The van der Waals surface area contributed by atoms with Crippen molar-refractivity contribution in [2.75, 3.05) is 31.5 Å². The van der Waals surface area contributed by atoms with E-state index in [1.165, 1.54) is 37.7 Å². The summed E-state index contributed by atoms with van der Waals surface area (Å²) in [5.74, 6) is 0.568. The molecule has 0 atom stereocenters. The highest BCUT2D eigenvalue weighted by molar-refractivity contribution is 7.80.